The monoisotopic (exact) mass is 320 g/mol. The highest BCUT2D eigenvalue weighted by Crippen LogP contribution is 2.40. The Morgan fingerprint density at radius 2 is 1.61 bits per heavy atom. The lowest BCUT2D eigenvalue weighted by Crippen LogP contribution is -2.35. The molecule has 3 rings (SSSR count). The summed E-state index contributed by atoms with van der Waals surface area (Å²) >= 11 is 0. The number of Topliss-reactive ketones (excluding diaryl/α,β-unsaturated/α-hetero) is 2. The molecule has 120 valence electrons. The molecule has 0 saturated heterocycles. The van der Waals surface area contributed by atoms with Crippen molar-refractivity contribution in [2.24, 2.45) is 0 Å². The number of hydrogen-bond donors (Lipinski definition) is 5. The second kappa shape index (κ2) is 5.03. The lowest BCUT2D eigenvalue weighted by Gasteiger charge is -2.33. The van der Waals surface area contributed by atoms with E-state index in [1.54, 1.807) is 0 Å². The van der Waals surface area contributed by atoms with Crippen LogP contribution < -0.4 is 0 Å². The fourth-order valence-electron chi connectivity index (χ4n) is 2.55. The first kappa shape index (κ1) is 14.9. The smallest absolute Gasteiger partial charge is 0.266 e. The van der Waals surface area contributed by atoms with Crippen LogP contribution in [0.1, 0.15) is 18.1 Å². The first-order chi connectivity index (χ1) is 10.8. The first-order valence-electron chi connectivity index (χ1n) is 6.62. The van der Waals surface area contributed by atoms with Crippen molar-refractivity contribution >= 4 is 11.6 Å². The van der Waals surface area contributed by atoms with Gasteiger partial charge in [-0.1, -0.05) is 6.07 Å². The summed E-state index contributed by atoms with van der Waals surface area (Å²) in [6, 6.07) is 3.70. The van der Waals surface area contributed by atoms with Gasteiger partial charge in [-0.25, -0.2) is 0 Å². The Balaban J connectivity index is 2.00. The van der Waals surface area contributed by atoms with Crippen LogP contribution in [-0.4, -0.2) is 43.2 Å². The van der Waals surface area contributed by atoms with Crippen LogP contribution in [0.25, 0.3) is 0 Å². The summed E-state index contributed by atoms with van der Waals surface area (Å²) in [5, 5.41) is 47.9. The lowest BCUT2D eigenvalue weighted by molar-refractivity contribution is -0.128. The number of phenolic OH excluding ortho intramolecular Hbond substituents is 2. The van der Waals surface area contributed by atoms with Gasteiger partial charge in [-0.15, -0.1) is 0 Å². The Kier molecular flexibility index (Phi) is 3.26. The molecule has 1 aliphatic heterocycles. The molecule has 0 fully saturated rings. The molecule has 2 atom stereocenters. The van der Waals surface area contributed by atoms with Crippen molar-refractivity contribution in [1.29, 1.82) is 0 Å². The summed E-state index contributed by atoms with van der Waals surface area (Å²) in [5.41, 5.74) is 0.0370. The second-order valence-electron chi connectivity index (χ2n) is 5.22. The van der Waals surface area contributed by atoms with Crippen LogP contribution in [-0.2, 0) is 14.3 Å². The van der Waals surface area contributed by atoms with Crippen molar-refractivity contribution in [2.45, 2.75) is 18.6 Å². The van der Waals surface area contributed by atoms with Gasteiger partial charge in [0.05, 0.1) is 11.7 Å². The van der Waals surface area contributed by atoms with Crippen LogP contribution in [0.15, 0.2) is 41.0 Å². The van der Waals surface area contributed by atoms with Crippen LogP contribution >= 0.6 is 0 Å². The first-order valence-corrected chi connectivity index (χ1v) is 6.62. The third-order valence-electron chi connectivity index (χ3n) is 3.74. The van der Waals surface area contributed by atoms with Gasteiger partial charge >= 0.3 is 0 Å². The molecular weight excluding hydrogens is 308 g/mol. The minimum absolute atomic E-state index is 0.225. The maximum Gasteiger partial charge on any atom is 0.266 e. The Bertz CT molecular complexity index is 789. The summed E-state index contributed by atoms with van der Waals surface area (Å²) in [5.74, 6) is -5.49. The maximum atomic E-state index is 11.9. The highest BCUT2D eigenvalue weighted by molar-refractivity contribution is 6.22. The fourth-order valence-corrected chi connectivity index (χ4v) is 2.55. The number of carbonyl (C=O) groups is 2. The maximum absolute atomic E-state index is 11.9. The third kappa shape index (κ3) is 2.20. The average Bonchev–Trinajstić information content (AvgIpc) is 2.53. The Hall–Kier alpha value is -3.00. The molecule has 1 aromatic carbocycles. The molecule has 1 aliphatic carbocycles. The van der Waals surface area contributed by atoms with Gasteiger partial charge in [0.25, 0.3) is 5.78 Å². The average molecular weight is 320 g/mol. The number of hydrogen-bond acceptors (Lipinski definition) is 8. The van der Waals surface area contributed by atoms with Crippen LogP contribution in [0.4, 0.5) is 0 Å². The van der Waals surface area contributed by atoms with Crippen molar-refractivity contribution < 1.29 is 39.9 Å². The van der Waals surface area contributed by atoms with Crippen molar-refractivity contribution in [2.75, 3.05) is 0 Å². The number of allylic oxidation sites excluding steroid dienone is 1. The number of ketones is 2. The molecule has 23 heavy (non-hydrogen) atoms. The molecule has 1 unspecified atom stereocenters. The number of aromatic hydroxyl groups is 2. The molecule has 0 bridgehead atoms. The minimum Gasteiger partial charge on any atom is -0.504 e. The molecule has 8 nitrogen and oxygen atoms in total. The van der Waals surface area contributed by atoms with E-state index in [2.05, 4.69) is 0 Å². The molecule has 1 heterocycles. The topological polar surface area (TPSA) is 145 Å². The normalized spacial score (nSPS) is 24.6. The van der Waals surface area contributed by atoms with Crippen LogP contribution in [0.2, 0.25) is 0 Å². The van der Waals surface area contributed by atoms with E-state index in [-0.39, 0.29) is 23.3 Å². The number of aliphatic hydroxyl groups is 3. The van der Waals surface area contributed by atoms with Crippen LogP contribution in [0.5, 0.6) is 11.5 Å². The minimum atomic E-state index is -1.23. The lowest BCUT2D eigenvalue weighted by atomic mass is 9.88. The largest absolute Gasteiger partial charge is 0.504 e. The summed E-state index contributed by atoms with van der Waals surface area (Å²) < 4.78 is 5.35. The molecule has 0 radical (unpaired) electrons. The van der Waals surface area contributed by atoms with Gasteiger partial charge in [0.15, 0.2) is 23.4 Å². The van der Waals surface area contributed by atoms with E-state index in [0.717, 1.165) is 6.07 Å². The Labute approximate surface area is 129 Å². The number of ether oxygens (including phenoxy) is 1. The zero-order chi connectivity index (χ0) is 16.9. The number of carbonyl (C=O) groups excluding carboxylic acids is 2. The van der Waals surface area contributed by atoms with Gasteiger partial charge in [0.1, 0.15) is 0 Å². The molecule has 1 aromatic rings. The molecule has 2 aliphatic rings. The van der Waals surface area contributed by atoms with Crippen molar-refractivity contribution in [1.82, 2.24) is 0 Å². The molecule has 0 aromatic heterocycles. The molecule has 8 heteroatoms. The Morgan fingerprint density at radius 3 is 2.26 bits per heavy atom. The van der Waals surface area contributed by atoms with E-state index in [4.69, 9.17) is 4.74 Å². The third-order valence-corrected chi connectivity index (χ3v) is 3.74. The van der Waals surface area contributed by atoms with Crippen molar-refractivity contribution in [3.05, 3.63) is 46.6 Å². The van der Waals surface area contributed by atoms with Crippen LogP contribution in [0, 0.1) is 0 Å². The van der Waals surface area contributed by atoms with E-state index in [0.29, 0.717) is 0 Å². The van der Waals surface area contributed by atoms with Gasteiger partial charge < -0.3 is 30.3 Å². The Morgan fingerprint density at radius 1 is 0.957 bits per heavy atom. The van der Waals surface area contributed by atoms with Gasteiger partial charge in [0, 0.05) is 6.42 Å². The number of phenols is 2. The van der Waals surface area contributed by atoms with E-state index in [1.807, 2.05) is 0 Å². The molecular formula is C15H12O8. The number of rotatable bonds is 1. The summed E-state index contributed by atoms with van der Waals surface area (Å²) in [6.07, 6.45) is -2.60. The van der Waals surface area contributed by atoms with E-state index in [9.17, 15) is 35.1 Å². The summed E-state index contributed by atoms with van der Waals surface area (Å²) in [4.78, 5) is 23.8. The second-order valence-corrected chi connectivity index (χ2v) is 5.22. The molecule has 0 spiro atoms. The molecule has 5 N–H and O–H groups in total. The SMILES string of the molecule is O=C1C(O)=C(O)C(=O)C2=C1C[C@H](O)C(c1ccc(O)c(O)c1)O2. The van der Waals surface area contributed by atoms with E-state index < -0.39 is 46.8 Å². The zero-order valence-electron chi connectivity index (χ0n) is 11.6. The van der Waals surface area contributed by atoms with Crippen LogP contribution in [0.3, 0.4) is 0 Å². The van der Waals surface area contributed by atoms with E-state index >= 15 is 0 Å². The predicted octanol–water partition coefficient (Wildman–Crippen LogP) is 0.654. The number of aliphatic hydroxyl groups excluding tert-OH is 3. The molecule has 0 saturated carbocycles. The van der Waals surface area contributed by atoms with Crippen molar-refractivity contribution in [3.63, 3.8) is 0 Å². The quantitative estimate of drug-likeness (QED) is 0.375. The van der Waals surface area contributed by atoms with Gasteiger partial charge in [-0.2, -0.15) is 0 Å². The summed E-state index contributed by atoms with van der Waals surface area (Å²) in [7, 11) is 0. The van der Waals surface area contributed by atoms with E-state index in [1.165, 1.54) is 12.1 Å². The molecule has 0 amide bonds. The van der Waals surface area contributed by atoms with Gasteiger partial charge in [-0.05, 0) is 17.7 Å². The summed E-state index contributed by atoms with van der Waals surface area (Å²) in [6.45, 7) is 0. The van der Waals surface area contributed by atoms with Gasteiger partial charge in [0.2, 0.25) is 17.3 Å². The highest BCUT2D eigenvalue weighted by Gasteiger charge is 2.43. The van der Waals surface area contributed by atoms with Gasteiger partial charge in [-0.3, -0.25) is 9.59 Å². The predicted molar refractivity (Wildman–Crippen MR) is 73.5 cm³/mol. The standard InChI is InChI=1S/C15H12O8/c16-7-2-1-5(3-8(7)17)14-9(18)4-6-10(19)11(20)12(21)13(22)15(6)23-14/h1-3,9,14,16-18,20-21H,4H2/t9-,14?/m0/s1. The number of benzene rings is 1. The highest BCUT2D eigenvalue weighted by atomic mass is 16.5. The fraction of sp³-hybridized carbons (Fsp3) is 0.200. The zero-order valence-corrected chi connectivity index (χ0v) is 11.6. The van der Waals surface area contributed by atoms with Crippen molar-refractivity contribution in [3.8, 4) is 11.5 Å².